The molecule has 2 heterocycles. The Morgan fingerprint density at radius 2 is 2.00 bits per heavy atom. The topological polar surface area (TPSA) is 63.4 Å². The molecule has 3 rings (SSSR count). The molecule has 0 spiro atoms. The summed E-state index contributed by atoms with van der Waals surface area (Å²) in [5, 5.41) is 0.175. The number of hydrogen-bond donors (Lipinski definition) is 1. The van der Waals surface area contributed by atoms with Gasteiger partial charge in [0.2, 0.25) is 10.0 Å². The quantitative estimate of drug-likeness (QED) is 0.856. The van der Waals surface area contributed by atoms with Crippen molar-refractivity contribution >= 4 is 33.8 Å². The molecule has 1 aromatic carbocycles. The molecule has 7 heteroatoms. The molecular formula is C11H12N2O3S2. The molecule has 1 fully saturated rings. The summed E-state index contributed by atoms with van der Waals surface area (Å²) in [6.07, 6.45) is 1.81. The highest BCUT2D eigenvalue weighted by atomic mass is 32.2. The van der Waals surface area contributed by atoms with E-state index in [0.29, 0.717) is 18.6 Å². The summed E-state index contributed by atoms with van der Waals surface area (Å²) >= 11 is 4.01. The van der Waals surface area contributed by atoms with Gasteiger partial charge in [-0.05, 0) is 25.0 Å². The van der Waals surface area contributed by atoms with Crippen LogP contribution in [0.3, 0.4) is 0 Å². The third-order valence-corrected chi connectivity index (χ3v) is 5.16. The molecule has 0 saturated carbocycles. The summed E-state index contributed by atoms with van der Waals surface area (Å²) in [7, 11) is -3.49. The first-order chi connectivity index (χ1) is 8.59. The number of nitrogens with zero attached hydrogens (tertiary/aromatic N) is 2. The van der Waals surface area contributed by atoms with Crippen molar-refractivity contribution in [2.45, 2.75) is 23.0 Å². The highest BCUT2D eigenvalue weighted by molar-refractivity contribution is 7.89. The van der Waals surface area contributed by atoms with Crippen LogP contribution in [0.2, 0.25) is 0 Å². The van der Waals surface area contributed by atoms with E-state index in [9.17, 15) is 8.42 Å². The third-order valence-electron chi connectivity index (χ3n) is 3.05. The van der Waals surface area contributed by atoms with Crippen molar-refractivity contribution in [2.75, 3.05) is 13.1 Å². The maximum Gasteiger partial charge on any atom is 0.253 e. The number of aromatic nitrogens is 1. The number of fused-ring (bicyclic) bond motifs is 1. The highest BCUT2D eigenvalue weighted by Gasteiger charge is 2.30. The zero-order valence-corrected chi connectivity index (χ0v) is 11.2. The lowest BCUT2D eigenvalue weighted by Gasteiger charge is -2.15. The van der Waals surface area contributed by atoms with Gasteiger partial charge in [-0.2, -0.15) is 4.31 Å². The Morgan fingerprint density at radius 1 is 1.28 bits per heavy atom. The largest absolute Gasteiger partial charge is 0.430 e. The number of benzene rings is 1. The summed E-state index contributed by atoms with van der Waals surface area (Å²) in [6, 6.07) is 4.93. The van der Waals surface area contributed by atoms with E-state index in [0.717, 1.165) is 12.8 Å². The summed E-state index contributed by atoms with van der Waals surface area (Å²) in [4.78, 5) is 4.20. The second-order valence-electron chi connectivity index (χ2n) is 4.21. The van der Waals surface area contributed by atoms with Gasteiger partial charge in [-0.3, -0.25) is 0 Å². The summed E-state index contributed by atoms with van der Waals surface area (Å²) in [5.41, 5.74) is 0.801. The van der Waals surface area contributed by atoms with Crippen molar-refractivity contribution in [3.63, 3.8) is 0 Å². The molecule has 0 aliphatic carbocycles. The van der Waals surface area contributed by atoms with Crippen LogP contribution < -0.4 is 0 Å². The van der Waals surface area contributed by atoms with Crippen molar-refractivity contribution in [2.24, 2.45) is 0 Å². The van der Waals surface area contributed by atoms with Crippen LogP contribution in [0.25, 0.3) is 11.1 Å². The molecule has 1 aliphatic rings. The second kappa shape index (κ2) is 4.25. The zero-order valence-electron chi connectivity index (χ0n) is 9.54. The zero-order chi connectivity index (χ0) is 12.8. The lowest BCUT2D eigenvalue weighted by atomic mass is 10.3. The Morgan fingerprint density at radius 3 is 2.72 bits per heavy atom. The Kier molecular flexibility index (Phi) is 2.84. The van der Waals surface area contributed by atoms with Crippen LogP contribution >= 0.6 is 12.6 Å². The minimum absolute atomic E-state index is 0.175. The van der Waals surface area contributed by atoms with Gasteiger partial charge in [-0.1, -0.05) is 18.7 Å². The lowest BCUT2D eigenvalue weighted by Crippen LogP contribution is -2.27. The first kappa shape index (κ1) is 12.0. The predicted octanol–water partition coefficient (Wildman–Crippen LogP) is 1.90. The Bertz CT molecular complexity index is 687. The van der Waals surface area contributed by atoms with Crippen molar-refractivity contribution in [1.82, 2.24) is 9.29 Å². The summed E-state index contributed by atoms with van der Waals surface area (Å²) < 4.78 is 31.7. The van der Waals surface area contributed by atoms with E-state index >= 15 is 0 Å². The average Bonchev–Trinajstić information content (AvgIpc) is 2.95. The molecule has 18 heavy (non-hydrogen) atoms. The van der Waals surface area contributed by atoms with Crippen molar-refractivity contribution in [3.05, 3.63) is 18.2 Å². The molecule has 5 nitrogen and oxygen atoms in total. The van der Waals surface area contributed by atoms with Crippen LogP contribution in [-0.2, 0) is 10.0 Å². The van der Waals surface area contributed by atoms with Gasteiger partial charge >= 0.3 is 0 Å². The minimum Gasteiger partial charge on any atom is -0.430 e. The fraction of sp³-hybridized carbons (Fsp3) is 0.364. The Hall–Kier alpha value is -1.05. The van der Waals surface area contributed by atoms with Gasteiger partial charge in [0.05, 0.1) is 0 Å². The molecule has 0 atom stereocenters. The molecule has 0 radical (unpaired) electrons. The van der Waals surface area contributed by atoms with Gasteiger partial charge in [0.15, 0.2) is 5.58 Å². The maximum atomic E-state index is 12.5. The van der Waals surface area contributed by atoms with Crippen LogP contribution in [0, 0.1) is 0 Å². The van der Waals surface area contributed by atoms with Crippen LogP contribution in [0.15, 0.2) is 32.7 Å². The van der Waals surface area contributed by atoms with Crippen molar-refractivity contribution in [3.8, 4) is 0 Å². The standard InChI is InChI=1S/C11H12N2O3S2/c14-18(15,13-6-1-2-7-13)9-5-3-4-8-10(9)16-11(17)12-8/h3-5H,1-2,6-7H2,(H,12,17). The van der Waals surface area contributed by atoms with E-state index in [1.165, 1.54) is 4.31 Å². The number of rotatable bonds is 2. The Balaban J connectivity index is 2.19. The number of hydrogen-bond acceptors (Lipinski definition) is 5. The first-order valence-electron chi connectivity index (χ1n) is 5.68. The molecular weight excluding hydrogens is 272 g/mol. The van der Waals surface area contributed by atoms with Crippen LogP contribution in [0.5, 0.6) is 0 Å². The van der Waals surface area contributed by atoms with Gasteiger partial charge < -0.3 is 4.42 Å². The normalized spacial score (nSPS) is 17.6. The lowest BCUT2D eigenvalue weighted by molar-refractivity contribution is 0.467. The van der Waals surface area contributed by atoms with E-state index in [-0.39, 0.29) is 15.7 Å². The van der Waals surface area contributed by atoms with Gasteiger partial charge in [-0.15, -0.1) is 0 Å². The fourth-order valence-corrected chi connectivity index (χ4v) is 4.03. The van der Waals surface area contributed by atoms with Crippen molar-refractivity contribution < 1.29 is 12.8 Å². The Labute approximate surface area is 110 Å². The van der Waals surface area contributed by atoms with Gasteiger partial charge in [0.25, 0.3) is 5.22 Å². The van der Waals surface area contributed by atoms with E-state index in [1.54, 1.807) is 18.2 Å². The maximum absolute atomic E-state index is 12.5. The predicted molar refractivity (Wildman–Crippen MR) is 69.3 cm³/mol. The van der Waals surface area contributed by atoms with Gasteiger partial charge in [0.1, 0.15) is 10.4 Å². The molecule has 1 aliphatic heterocycles. The SMILES string of the molecule is O=S(=O)(c1cccc2nc(S)oc12)N1CCCC1. The highest BCUT2D eigenvalue weighted by Crippen LogP contribution is 2.29. The average molecular weight is 284 g/mol. The van der Waals surface area contributed by atoms with E-state index < -0.39 is 10.0 Å². The fourth-order valence-electron chi connectivity index (χ4n) is 2.18. The molecule has 96 valence electrons. The second-order valence-corrected chi connectivity index (χ2v) is 6.50. The first-order valence-corrected chi connectivity index (χ1v) is 7.56. The molecule has 0 bridgehead atoms. The van der Waals surface area contributed by atoms with Gasteiger partial charge in [-0.25, -0.2) is 13.4 Å². The molecule has 0 amide bonds. The van der Waals surface area contributed by atoms with Crippen LogP contribution in [-0.4, -0.2) is 30.8 Å². The third kappa shape index (κ3) is 1.82. The van der Waals surface area contributed by atoms with E-state index in [4.69, 9.17) is 4.42 Å². The smallest absolute Gasteiger partial charge is 0.253 e. The number of sulfonamides is 1. The molecule has 0 N–H and O–H groups in total. The van der Waals surface area contributed by atoms with Crippen LogP contribution in [0.1, 0.15) is 12.8 Å². The minimum atomic E-state index is -3.49. The van der Waals surface area contributed by atoms with Crippen LogP contribution in [0.4, 0.5) is 0 Å². The molecule has 1 aromatic heterocycles. The molecule has 0 unspecified atom stereocenters. The van der Waals surface area contributed by atoms with Crippen molar-refractivity contribution in [1.29, 1.82) is 0 Å². The monoisotopic (exact) mass is 284 g/mol. The number of oxazole rings is 1. The van der Waals surface area contributed by atoms with Gasteiger partial charge in [0, 0.05) is 13.1 Å². The summed E-state index contributed by atoms with van der Waals surface area (Å²) in [6.45, 7) is 1.14. The molecule has 2 aromatic rings. The summed E-state index contributed by atoms with van der Waals surface area (Å²) in [5.74, 6) is 0. The van der Waals surface area contributed by atoms with E-state index in [1.807, 2.05) is 0 Å². The number of thiol groups is 1. The number of para-hydroxylation sites is 1. The molecule has 1 saturated heterocycles. The van der Waals surface area contributed by atoms with E-state index in [2.05, 4.69) is 17.6 Å².